The van der Waals surface area contributed by atoms with Gasteiger partial charge in [0.1, 0.15) is 5.75 Å². The molecule has 0 aliphatic heterocycles. The number of aryl methyl sites for hydroxylation is 1. The van der Waals surface area contributed by atoms with Crippen LogP contribution in [0.4, 0.5) is 5.69 Å². The molecule has 0 saturated heterocycles. The number of rotatable bonds is 1. The van der Waals surface area contributed by atoms with Crippen molar-refractivity contribution in [3.63, 3.8) is 0 Å². The van der Waals surface area contributed by atoms with Crippen molar-refractivity contribution in [2.75, 3.05) is 5.73 Å². The minimum Gasteiger partial charge on any atom is -0.506 e. The quantitative estimate of drug-likeness (QED) is 0.435. The average Bonchev–Trinajstić information content (AvgIpc) is 1.99. The fourth-order valence-corrected chi connectivity index (χ4v) is 1.07. The number of phenols is 1. The highest BCUT2D eigenvalue weighted by atomic mass is 16.3. The second-order valence-corrected chi connectivity index (χ2v) is 3.06. The van der Waals surface area contributed by atoms with Gasteiger partial charge in [0, 0.05) is 6.04 Å². The van der Waals surface area contributed by atoms with E-state index in [-0.39, 0.29) is 11.8 Å². The van der Waals surface area contributed by atoms with Crippen LogP contribution in [-0.4, -0.2) is 5.11 Å². The second kappa shape index (κ2) is 3.03. The molecule has 1 aromatic carbocycles. The van der Waals surface area contributed by atoms with E-state index < -0.39 is 0 Å². The van der Waals surface area contributed by atoms with Crippen molar-refractivity contribution in [2.24, 2.45) is 5.73 Å². The van der Waals surface area contributed by atoms with Gasteiger partial charge >= 0.3 is 0 Å². The number of aromatic hydroxyl groups is 1. The summed E-state index contributed by atoms with van der Waals surface area (Å²) in [5.74, 6) is 0.113. The van der Waals surface area contributed by atoms with E-state index in [1.54, 1.807) is 6.07 Å². The van der Waals surface area contributed by atoms with E-state index in [2.05, 4.69) is 0 Å². The highest BCUT2D eigenvalue weighted by molar-refractivity contribution is 5.59. The van der Waals surface area contributed by atoms with Gasteiger partial charge in [0.25, 0.3) is 0 Å². The molecule has 3 heteroatoms. The van der Waals surface area contributed by atoms with Crippen LogP contribution in [0, 0.1) is 6.92 Å². The first kappa shape index (κ1) is 8.87. The lowest BCUT2D eigenvalue weighted by Gasteiger charge is -2.09. The summed E-state index contributed by atoms with van der Waals surface area (Å²) in [6.45, 7) is 3.71. The Kier molecular flexibility index (Phi) is 2.24. The molecule has 0 bridgehead atoms. The van der Waals surface area contributed by atoms with Gasteiger partial charge < -0.3 is 16.6 Å². The van der Waals surface area contributed by atoms with E-state index in [1.165, 1.54) is 0 Å². The first-order valence-corrected chi connectivity index (χ1v) is 3.87. The van der Waals surface area contributed by atoms with Crippen molar-refractivity contribution in [2.45, 2.75) is 19.9 Å². The van der Waals surface area contributed by atoms with E-state index in [0.717, 1.165) is 11.1 Å². The molecular formula is C9H14N2O. The molecule has 0 saturated carbocycles. The van der Waals surface area contributed by atoms with Gasteiger partial charge in [-0.15, -0.1) is 0 Å². The Morgan fingerprint density at radius 2 is 2.00 bits per heavy atom. The van der Waals surface area contributed by atoms with Crippen LogP contribution in [0.5, 0.6) is 5.75 Å². The van der Waals surface area contributed by atoms with Crippen LogP contribution in [0.25, 0.3) is 0 Å². The summed E-state index contributed by atoms with van der Waals surface area (Å²) in [4.78, 5) is 0. The topological polar surface area (TPSA) is 72.3 Å². The highest BCUT2D eigenvalue weighted by Crippen LogP contribution is 2.27. The summed E-state index contributed by atoms with van der Waals surface area (Å²) in [5.41, 5.74) is 13.4. The normalized spacial score (nSPS) is 12.9. The Morgan fingerprint density at radius 3 is 2.42 bits per heavy atom. The third-order valence-electron chi connectivity index (χ3n) is 1.91. The van der Waals surface area contributed by atoms with E-state index in [4.69, 9.17) is 11.5 Å². The number of nitrogens with two attached hydrogens (primary N) is 2. The zero-order chi connectivity index (χ0) is 9.30. The molecule has 1 atom stereocenters. The molecular weight excluding hydrogens is 152 g/mol. The molecule has 0 fully saturated rings. The van der Waals surface area contributed by atoms with Crippen LogP contribution in [0.2, 0.25) is 0 Å². The van der Waals surface area contributed by atoms with Gasteiger partial charge in [-0.25, -0.2) is 0 Å². The summed E-state index contributed by atoms with van der Waals surface area (Å²) >= 11 is 0. The van der Waals surface area contributed by atoms with Crippen LogP contribution >= 0.6 is 0 Å². The SMILES string of the molecule is Cc1cc(C(C)N)cc(O)c1N. The second-order valence-electron chi connectivity index (χ2n) is 3.06. The lowest BCUT2D eigenvalue weighted by Crippen LogP contribution is -2.05. The molecule has 0 aliphatic carbocycles. The molecule has 0 amide bonds. The average molecular weight is 166 g/mol. The monoisotopic (exact) mass is 166 g/mol. The number of phenolic OH excluding ortho intramolecular Hbond substituents is 1. The number of anilines is 1. The van der Waals surface area contributed by atoms with Gasteiger partial charge in [-0.3, -0.25) is 0 Å². The predicted molar refractivity (Wildman–Crippen MR) is 49.9 cm³/mol. The first-order valence-electron chi connectivity index (χ1n) is 3.87. The molecule has 66 valence electrons. The molecule has 1 unspecified atom stereocenters. The molecule has 0 spiro atoms. The zero-order valence-electron chi connectivity index (χ0n) is 7.33. The van der Waals surface area contributed by atoms with Gasteiger partial charge in [0.15, 0.2) is 0 Å². The number of hydrogen-bond acceptors (Lipinski definition) is 3. The molecule has 1 aromatic rings. The molecule has 0 aromatic heterocycles. The van der Waals surface area contributed by atoms with Gasteiger partial charge in [-0.2, -0.15) is 0 Å². The molecule has 12 heavy (non-hydrogen) atoms. The van der Waals surface area contributed by atoms with Crippen molar-refractivity contribution in [1.29, 1.82) is 0 Å². The standard InChI is InChI=1S/C9H14N2O/c1-5-3-7(6(2)10)4-8(12)9(5)11/h3-4,6,12H,10-11H2,1-2H3. The summed E-state index contributed by atoms with van der Waals surface area (Å²) in [5, 5.41) is 9.35. The van der Waals surface area contributed by atoms with Crippen molar-refractivity contribution in [3.8, 4) is 5.75 Å². The van der Waals surface area contributed by atoms with Crippen LogP contribution in [0.15, 0.2) is 12.1 Å². The summed E-state index contributed by atoms with van der Waals surface area (Å²) in [6.07, 6.45) is 0. The number of hydrogen-bond donors (Lipinski definition) is 3. The summed E-state index contributed by atoms with van der Waals surface area (Å²) in [7, 11) is 0. The minimum absolute atomic E-state index is 0.0739. The van der Waals surface area contributed by atoms with E-state index in [1.807, 2.05) is 19.9 Å². The molecule has 5 N–H and O–H groups in total. The Balaban J connectivity index is 3.21. The zero-order valence-corrected chi connectivity index (χ0v) is 7.33. The number of benzene rings is 1. The molecule has 0 heterocycles. The van der Waals surface area contributed by atoms with Gasteiger partial charge in [-0.1, -0.05) is 6.07 Å². The van der Waals surface area contributed by atoms with Crippen molar-refractivity contribution in [1.82, 2.24) is 0 Å². The fourth-order valence-electron chi connectivity index (χ4n) is 1.07. The summed E-state index contributed by atoms with van der Waals surface area (Å²) < 4.78 is 0. The third-order valence-corrected chi connectivity index (χ3v) is 1.91. The Hall–Kier alpha value is -1.22. The molecule has 0 aliphatic rings. The predicted octanol–water partition coefficient (Wildman–Crippen LogP) is 1.30. The maximum Gasteiger partial charge on any atom is 0.139 e. The minimum atomic E-state index is -0.0739. The van der Waals surface area contributed by atoms with E-state index >= 15 is 0 Å². The van der Waals surface area contributed by atoms with Crippen LogP contribution in [0.3, 0.4) is 0 Å². The Morgan fingerprint density at radius 1 is 1.42 bits per heavy atom. The van der Waals surface area contributed by atoms with Crippen molar-refractivity contribution < 1.29 is 5.11 Å². The molecule has 0 radical (unpaired) electrons. The van der Waals surface area contributed by atoms with Crippen molar-refractivity contribution >= 4 is 5.69 Å². The van der Waals surface area contributed by atoms with Crippen LogP contribution in [0.1, 0.15) is 24.1 Å². The molecule has 1 rings (SSSR count). The smallest absolute Gasteiger partial charge is 0.139 e. The van der Waals surface area contributed by atoms with Crippen LogP contribution in [-0.2, 0) is 0 Å². The van der Waals surface area contributed by atoms with Gasteiger partial charge in [0.05, 0.1) is 5.69 Å². The van der Waals surface area contributed by atoms with Crippen molar-refractivity contribution in [3.05, 3.63) is 23.3 Å². The highest BCUT2D eigenvalue weighted by Gasteiger charge is 2.05. The maximum absolute atomic E-state index is 9.35. The Bertz CT molecular complexity index is 272. The van der Waals surface area contributed by atoms with E-state index in [0.29, 0.717) is 5.69 Å². The number of nitrogen functional groups attached to an aromatic ring is 1. The summed E-state index contributed by atoms with van der Waals surface area (Å²) in [6, 6.07) is 3.42. The van der Waals surface area contributed by atoms with Crippen LogP contribution < -0.4 is 11.5 Å². The fraction of sp³-hybridized carbons (Fsp3) is 0.333. The lowest BCUT2D eigenvalue weighted by atomic mass is 10.0. The largest absolute Gasteiger partial charge is 0.506 e. The van der Waals surface area contributed by atoms with E-state index in [9.17, 15) is 5.11 Å². The maximum atomic E-state index is 9.35. The first-order chi connectivity index (χ1) is 5.52. The molecule has 3 nitrogen and oxygen atoms in total. The lowest BCUT2D eigenvalue weighted by molar-refractivity contribution is 0.476. The van der Waals surface area contributed by atoms with Gasteiger partial charge in [-0.05, 0) is 31.0 Å². The Labute approximate surface area is 72.0 Å². The van der Waals surface area contributed by atoms with Gasteiger partial charge in [0.2, 0.25) is 0 Å². The third kappa shape index (κ3) is 1.51.